The molecule has 2 nitrogen and oxygen atoms in total. The number of hydrogen-bond donors (Lipinski definition) is 1. The zero-order chi connectivity index (χ0) is 13.8. The van der Waals surface area contributed by atoms with E-state index in [2.05, 4.69) is 15.9 Å². The van der Waals surface area contributed by atoms with Gasteiger partial charge in [0, 0.05) is 20.6 Å². The van der Waals surface area contributed by atoms with Gasteiger partial charge in [-0.15, -0.1) is 0 Å². The van der Waals surface area contributed by atoms with Crippen LogP contribution in [0.15, 0.2) is 40.9 Å². The third-order valence-corrected chi connectivity index (χ3v) is 3.63. The van der Waals surface area contributed by atoms with E-state index in [4.69, 9.17) is 16.3 Å². The van der Waals surface area contributed by atoms with Gasteiger partial charge in [-0.05, 0) is 36.8 Å². The molecule has 2 aromatic rings. The van der Waals surface area contributed by atoms with E-state index < -0.39 is 0 Å². The van der Waals surface area contributed by atoms with Gasteiger partial charge in [0.05, 0.1) is 6.61 Å². The Hall–Kier alpha value is -1.03. The quantitative estimate of drug-likeness (QED) is 0.888. The lowest BCUT2D eigenvalue weighted by atomic mass is 10.1. The van der Waals surface area contributed by atoms with E-state index in [9.17, 15) is 5.11 Å². The summed E-state index contributed by atoms with van der Waals surface area (Å²) in [6, 6.07) is 11.4. The fourth-order valence-electron chi connectivity index (χ4n) is 1.74. The zero-order valence-electron chi connectivity index (χ0n) is 10.5. The number of aryl methyl sites for hydroxylation is 1. The average Bonchev–Trinajstić information content (AvgIpc) is 2.39. The number of benzene rings is 2. The SMILES string of the molecule is Cc1ccc(COc2ccc(Br)cc2CO)c(Cl)c1. The van der Waals surface area contributed by atoms with Crippen LogP contribution >= 0.6 is 27.5 Å². The summed E-state index contributed by atoms with van der Waals surface area (Å²) in [5, 5.41) is 10.0. The third-order valence-electron chi connectivity index (χ3n) is 2.78. The molecule has 0 spiro atoms. The van der Waals surface area contributed by atoms with E-state index in [1.54, 1.807) is 0 Å². The van der Waals surface area contributed by atoms with Crippen molar-refractivity contribution in [2.45, 2.75) is 20.1 Å². The first-order chi connectivity index (χ1) is 9.10. The van der Waals surface area contributed by atoms with Crippen LogP contribution in [0.2, 0.25) is 5.02 Å². The summed E-state index contributed by atoms with van der Waals surface area (Å²) in [4.78, 5) is 0. The van der Waals surface area contributed by atoms with Crippen molar-refractivity contribution >= 4 is 27.5 Å². The molecule has 19 heavy (non-hydrogen) atoms. The van der Waals surface area contributed by atoms with Crippen molar-refractivity contribution in [2.24, 2.45) is 0 Å². The Kier molecular flexibility index (Phi) is 4.86. The van der Waals surface area contributed by atoms with Gasteiger partial charge in [0.1, 0.15) is 12.4 Å². The summed E-state index contributed by atoms with van der Waals surface area (Å²) < 4.78 is 6.64. The molecular formula is C15H14BrClO2. The van der Waals surface area contributed by atoms with Crippen molar-refractivity contribution in [3.63, 3.8) is 0 Å². The van der Waals surface area contributed by atoms with Gasteiger partial charge in [0.15, 0.2) is 0 Å². The Morgan fingerprint density at radius 1 is 1.16 bits per heavy atom. The summed E-state index contributed by atoms with van der Waals surface area (Å²) in [5.41, 5.74) is 2.80. The molecule has 0 aliphatic rings. The zero-order valence-corrected chi connectivity index (χ0v) is 12.8. The number of aliphatic hydroxyl groups excluding tert-OH is 1. The second-order valence-electron chi connectivity index (χ2n) is 4.29. The normalized spacial score (nSPS) is 10.5. The van der Waals surface area contributed by atoms with E-state index >= 15 is 0 Å². The lowest BCUT2D eigenvalue weighted by molar-refractivity contribution is 0.259. The first-order valence-electron chi connectivity index (χ1n) is 5.87. The molecule has 0 atom stereocenters. The Morgan fingerprint density at radius 3 is 2.63 bits per heavy atom. The van der Waals surface area contributed by atoms with Gasteiger partial charge in [-0.3, -0.25) is 0 Å². The number of aliphatic hydroxyl groups is 1. The second-order valence-corrected chi connectivity index (χ2v) is 5.62. The lowest BCUT2D eigenvalue weighted by Gasteiger charge is -2.11. The van der Waals surface area contributed by atoms with Crippen LogP contribution in [-0.2, 0) is 13.2 Å². The molecule has 0 aliphatic heterocycles. The Labute approximate surface area is 126 Å². The van der Waals surface area contributed by atoms with Crippen LogP contribution in [0.3, 0.4) is 0 Å². The van der Waals surface area contributed by atoms with Crippen LogP contribution < -0.4 is 4.74 Å². The molecule has 0 aromatic heterocycles. The van der Waals surface area contributed by atoms with Gasteiger partial charge in [-0.2, -0.15) is 0 Å². The predicted octanol–water partition coefficient (Wildman–Crippen LogP) is 4.48. The Morgan fingerprint density at radius 2 is 1.95 bits per heavy atom. The van der Waals surface area contributed by atoms with E-state index in [-0.39, 0.29) is 6.61 Å². The topological polar surface area (TPSA) is 29.5 Å². The molecule has 0 heterocycles. The third kappa shape index (κ3) is 3.72. The molecule has 1 N–H and O–H groups in total. The average molecular weight is 342 g/mol. The van der Waals surface area contributed by atoms with Crippen molar-refractivity contribution in [1.29, 1.82) is 0 Å². The molecule has 0 bridgehead atoms. The number of hydrogen-bond acceptors (Lipinski definition) is 2. The molecule has 0 saturated heterocycles. The Balaban J connectivity index is 2.14. The van der Waals surface area contributed by atoms with Gasteiger partial charge >= 0.3 is 0 Å². The predicted molar refractivity (Wildman–Crippen MR) is 80.6 cm³/mol. The van der Waals surface area contributed by atoms with Gasteiger partial charge in [-0.1, -0.05) is 39.7 Å². The minimum absolute atomic E-state index is 0.0591. The molecule has 0 saturated carbocycles. The van der Waals surface area contributed by atoms with Crippen molar-refractivity contribution in [3.05, 3.63) is 62.6 Å². The van der Waals surface area contributed by atoms with Gasteiger partial charge in [0.2, 0.25) is 0 Å². The van der Waals surface area contributed by atoms with Crippen LogP contribution in [0.5, 0.6) is 5.75 Å². The summed E-state index contributed by atoms with van der Waals surface area (Å²) in [6.07, 6.45) is 0. The standard InChI is InChI=1S/C15H14BrClO2/c1-10-2-3-11(14(17)6-10)9-19-15-5-4-13(16)7-12(15)8-18/h2-7,18H,8-9H2,1H3. The highest BCUT2D eigenvalue weighted by Crippen LogP contribution is 2.25. The highest BCUT2D eigenvalue weighted by atomic mass is 79.9. The first-order valence-corrected chi connectivity index (χ1v) is 7.04. The van der Waals surface area contributed by atoms with Crippen molar-refractivity contribution in [2.75, 3.05) is 0 Å². The maximum absolute atomic E-state index is 9.30. The number of rotatable bonds is 4. The van der Waals surface area contributed by atoms with E-state index in [0.717, 1.165) is 21.2 Å². The van der Waals surface area contributed by atoms with Crippen molar-refractivity contribution < 1.29 is 9.84 Å². The minimum atomic E-state index is -0.0591. The Bertz CT molecular complexity index is 584. The van der Waals surface area contributed by atoms with Crippen LogP contribution in [0.4, 0.5) is 0 Å². The fraction of sp³-hybridized carbons (Fsp3) is 0.200. The fourth-order valence-corrected chi connectivity index (χ4v) is 2.44. The van der Waals surface area contributed by atoms with E-state index in [1.807, 2.05) is 43.3 Å². The highest BCUT2D eigenvalue weighted by molar-refractivity contribution is 9.10. The summed E-state index contributed by atoms with van der Waals surface area (Å²) >= 11 is 9.52. The maximum atomic E-state index is 9.30. The summed E-state index contributed by atoms with van der Waals surface area (Å²) in [6.45, 7) is 2.32. The molecule has 100 valence electrons. The first kappa shape index (κ1) is 14.4. The monoisotopic (exact) mass is 340 g/mol. The van der Waals surface area contributed by atoms with Gasteiger partial charge in [-0.25, -0.2) is 0 Å². The molecule has 2 rings (SSSR count). The van der Waals surface area contributed by atoms with Gasteiger partial charge in [0.25, 0.3) is 0 Å². The minimum Gasteiger partial charge on any atom is -0.488 e. The van der Waals surface area contributed by atoms with Crippen LogP contribution in [0.1, 0.15) is 16.7 Å². The van der Waals surface area contributed by atoms with E-state index in [1.165, 1.54) is 0 Å². The second kappa shape index (κ2) is 6.42. The van der Waals surface area contributed by atoms with E-state index in [0.29, 0.717) is 17.4 Å². The molecule has 0 fully saturated rings. The molecule has 0 radical (unpaired) electrons. The van der Waals surface area contributed by atoms with Crippen LogP contribution in [0.25, 0.3) is 0 Å². The molecule has 4 heteroatoms. The van der Waals surface area contributed by atoms with Crippen molar-refractivity contribution in [3.8, 4) is 5.75 Å². The molecule has 0 unspecified atom stereocenters. The smallest absolute Gasteiger partial charge is 0.125 e. The molecule has 0 amide bonds. The largest absolute Gasteiger partial charge is 0.488 e. The van der Waals surface area contributed by atoms with Gasteiger partial charge < -0.3 is 9.84 Å². The molecule has 2 aromatic carbocycles. The summed E-state index contributed by atoms with van der Waals surface area (Å²) in [5.74, 6) is 0.669. The maximum Gasteiger partial charge on any atom is 0.125 e. The van der Waals surface area contributed by atoms with Crippen molar-refractivity contribution in [1.82, 2.24) is 0 Å². The lowest BCUT2D eigenvalue weighted by Crippen LogP contribution is -1.99. The highest BCUT2D eigenvalue weighted by Gasteiger charge is 2.06. The molecule has 0 aliphatic carbocycles. The van der Waals surface area contributed by atoms with Crippen LogP contribution in [0, 0.1) is 6.92 Å². The molecular weight excluding hydrogens is 328 g/mol. The number of ether oxygens (including phenoxy) is 1. The van der Waals surface area contributed by atoms with Crippen LogP contribution in [-0.4, -0.2) is 5.11 Å². The number of halogens is 2. The summed E-state index contributed by atoms with van der Waals surface area (Å²) in [7, 11) is 0.